The fourth-order valence-corrected chi connectivity index (χ4v) is 2.14. The molecule has 2 N–H and O–H groups in total. The number of benzene rings is 1. The molecule has 0 aliphatic carbocycles. The molecule has 0 aromatic heterocycles. The summed E-state index contributed by atoms with van der Waals surface area (Å²) in [6.45, 7) is 3.05. The molecule has 6 heteroatoms. The molecule has 1 heterocycles. The first-order chi connectivity index (χ1) is 9.52. The number of nitrogens with two attached hydrogens (primary N) is 1. The first kappa shape index (κ1) is 14.7. The molecule has 1 aliphatic heterocycles. The van der Waals surface area contributed by atoms with Gasteiger partial charge in [-0.2, -0.15) is 0 Å². The zero-order valence-electron chi connectivity index (χ0n) is 11.6. The number of halogens is 1. The minimum Gasteiger partial charge on any atom is -0.497 e. The van der Waals surface area contributed by atoms with Crippen molar-refractivity contribution >= 4 is 5.91 Å². The Balaban J connectivity index is 2.14. The van der Waals surface area contributed by atoms with E-state index in [0.717, 1.165) is 0 Å². The minimum atomic E-state index is -0.585. The van der Waals surface area contributed by atoms with Crippen LogP contribution >= 0.6 is 0 Å². The molecule has 5 nitrogen and oxygen atoms in total. The summed E-state index contributed by atoms with van der Waals surface area (Å²) in [6.07, 6.45) is -0.214. The average Bonchev–Trinajstić information content (AvgIpc) is 2.46. The second kappa shape index (κ2) is 6.19. The van der Waals surface area contributed by atoms with Gasteiger partial charge in [0.1, 0.15) is 11.6 Å². The average molecular weight is 282 g/mol. The van der Waals surface area contributed by atoms with Crippen LogP contribution in [-0.4, -0.2) is 49.8 Å². The molecule has 0 saturated carbocycles. The van der Waals surface area contributed by atoms with Crippen LogP contribution in [-0.2, 0) is 4.74 Å². The molecule has 110 valence electrons. The molecular weight excluding hydrogens is 263 g/mol. The van der Waals surface area contributed by atoms with E-state index in [1.54, 1.807) is 11.0 Å². The van der Waals surface area contributed by atoms with E-state index in [2.05, 4.69) is 0 Å². The number of hydrogen-bond donors (Lipinski definition) is 1. The molecule has 1 fully saturated rings. The zero-order valence-corrected chi connectivity index (χ0v) is 11.6. The van der Waals surface area contributed by atoms with Crippen molar-refractivity contribution in [2.24, 2.45) is 5.73 Å². The van der Waals surface area contributed by atoms with Gasteiger partial charge in [-0.15, -0.1) is 0 Å². The summed E-state index contributed by atoms with van der Waals surface area (Å²) in [4.78, 5) is 13.9. The summed E-state index contributed by atoms with van der Waals surface area (Å²) in [7, 11) is 1.45. The highest BCUT2D eigenvalue weighted by atomic mass is 19.1. The van der Waals surface area contributed by atoms with Crippen LogP contribution in [0.1, 0.15) is 17.3 Å². The van der Waals surface area contributed by atoms with Crippen LogP contribution in [0, 0.1) is 5.82 Å². The molecule has 1 aromatic rings. The quantitative estimate of drug-likeness (QED) is 0.899. The van der Waals surface area contributed by atoms with Crippen LogP contribution in [0.3, 0.4) is 0 Å². The predicted molar refractivity (Wildman–Crippen MR) is 72.2 cm³/mol. The van der Waals surface area contributed by atoms with Gasteiger partial charge in [0.15, 0.2) is 0 Å². The summed E-state index contributed by atoms with van der Waals surface area (Å²) < 4.78 is 24.3. The smallest absolute Gasteiger partial charge is 0.257 e. The predicted octanol–water partition coefficient (Wildman–Crippen LogP) is 1.02. The Morgan fingerprint density at radius 2 is 2.35 bits per heavy atom. The van der Waals surface area contributed by atoms with E-state index in [1.807, 2.05) is 6.92 Å². The summed E-state index contributed by atoms with van der Waals surface area (Å²) in [5.41, 5.74) is 5.82. The molecule has 0 bridgehead atoms. The molecule has 2 rings (SSSR count). The number of morpholine rings is 1. The topological polar surface area (TPSA) is 64.8 Å². The van der Waals surface area contributed by atoms with Crippen LogP contribution in [0.25, 0.3) is 0 Å². The Labute approximate surface area is 117 Å². The summed E-state index contributed by atoms with van der Waals surface area (Å²) in [5.74, 6) is -0.549. The number of ether oxygens (including phenoxy) is 2. The molecule has 1 aromatic carbocycles. The molecule has 1 amide bonds. The number of hydrogen-bond acceptors (Lipinski definition) is 4. The Morgan fingerprint density at radius 1 is 1.60 bits per heavy atom. The van der Waals surface area contributed by atoms with Gasteiger partial charge in [0.05, 0.1) is 25.4 Å². The second-order valence-electron chi connectivity index (χ2n) is 4.87. The van der Waals surface area contributed by atoms with E-state index in [4.69, 9.17) is 15.2 Å². The van der Waals surface area contributed by atoms with Crippen molar-refractivity contribution in [2.75, 3.05) is 26.8 Å². The fourth-order valence-electron chi connectivity index (χ4n) is 2.14. The summed E-state index contributed by atoms with van der Waals surface area (Å²) in [5, 5.41) is 0. The van der Waals surface area contributed by atoms with Crippen molar-refractivity contribution < 1.29 is 18.7 Å². The van der Waals surface area contributed by atoms with Gasteiger partial charge in [-0.25, -0.2) is 4.39 Å². The monoisotopic (exact) mass is 282 g/mol. The third kappa shape index (κ3) is 3.08. The Morgan fingerprint density at radius 3 is 2.95 bits per heavy atom. The maximum atomic E-state index is 13.9. The lowest BCUT2D eigenvalue weighted by atomic mass is 10.1. The van der Waals surface area contributed by atoms with Crippen molar-refractivity contribution in [1.82, 2.24) is 4.90 Å². The maximum Gasteiger partial charge on any atom is 0.257 e. The van der Waals surface area contributed by atoms with E-state index in [0.29, 0.717) is 25.4 Å². The lowest BCUT2D eigenvalue weighted by Crippen LogP contribution is -2.51. The standard InChI is InChI=1S/C14H19FN2O3/c1-9(16)13-8-17(5-6-20-13)14(18)11-4-3-10(19-2)7-12(11)15/h3-4,7,9,13H,5-6,8,16H2,1-2H3. The van der Waals surface area contributed by atoms with E-state index in [9.17, 15) is 9.18 Å². The highest BCUT2D eigenvalue weighted by Crippen LogP contribution is 2.19. The molecule has 2 unspecified atom stereocenters. The molecule has 1 aliphatic rings. The number of nitrogens with zero attached hydrogens (tertiary/aromatic N) is 1. The number of carbonyl (C=O) groups excluding carboxylic acids is 1. The van der Waals surface area contributed by atoms with Crippen molar-refractivity contribution in [3.63, 3.8) is 0 Å². The van der Waals surface area contributed by atoms with Crippen LogP contribution in [0.15, 0.2) is 18.2 Å². The lowest BCUT2D eigenvalue weighted by molar-refractivity contribution is -0.0301. The summed E-state index contributed by atoms with van der Waals surface area (Å²) >= 11 is 0. The third-order valence-electron chi connectivity index (χ3n) is 3.37. The molecule has 0 spiro atoms. The lowest BCUT2D eigenvalue weighted by Gasteiger charge is -2.34. The molecule has 1 saturated heterocycles. The van der Waals surface area contributed by atoms with Crippen LogP contribution in [0.5, 0.6) is 5.75 Å². The Bertz CT molecular complexity index is 493. The van der Waals surface area contributed by atoms with Crippen LogP contribution < -0.4 is 10.5 Å². The van der Waals surface area contributed by atoms with Gasteiger partial charge in [-0.3, -0.25) is 4.79 Å². The minimum absolute atomic E-state index is 0.0381. The van der Waals surface area contributed by atoms with Gasteiger partial charge in [0.25, 0.3) is 5.91 Å². The normalized spacial score (nSPS) is 20.6. The fraction of sp³-hybridized carbons (Fsp3) is 0.500. The Kier molecular flexibility index (Phi) is 4.57. The van der Waals surface area contributed by atoms with Gasteiger partial charge in [-0.1, -0.05) is 0 Å². The maximum absolute atomic E-state index is 13.9. The van der Waals surface area contributed by atoms with Crippen molar-refractivity contribution in [3.05, 3.63) is 29.6 Å². The van der Waals surface area contributed by atoms with Crippen molar-refractivity contribution in [3.8, 4) is 5.75 Å². The van der Waals surface area contributed by atoms with Gasteiger partial charge in [-0.05, 0) is 19.1 Å². The second-order valence-corrected chi connectivity index (χ2v) is 4.87. The summed E-state index contributed by atoms with van der Waals surface area (Å²) in [6, 6.07) is 4.04. The van der Waals surface area contributed by atoms with Crippen LogP contribution in [0.2, 0.25) is 0 Å². The van der Waals surface area contributed by atoms with Gasteiger partial charge in [0.2, 0.25) is 0 Å². The molecular formula is C14H19FN2O3. The largest absolute Gasteiger partial charge is 0.497 e. The first-order valence-corrected chi connectivity index (χ1v) is 6.53. The number of rotatable bonds is 3. The molecule has 0 radical (unpaired) electrons. The molecule has 2 atom stereocenters. The third-order valence-corrected chi connectivity index (χ3v) is 3.37. The van der Waals surface area contributed by atoms with Crippen LogP contribution in [0.4, 0.5) is 4.39 Å². The number of amides is 1. The van der Waals surface area contributed by atoms with Gasteiger partial charge in [0, 0.05) is 25.2 Å². The molecule has 20 heavy (non-hydrogen) atoms. The van der Waals surface area contributed by atoms with Gasteiger partial charge < -0.3 is 20.1 Å². The highest BCUT2D eigenvalue weighted by Gasteiger charge is 2.28. The Hall–Kier alpha value is -1.66. The number of carbonyl (C=O) groups is 1. The van der Waals surface area contributed by atoms with E-state index in [-0.39, 0.29) is 23.6 Å². The zero-order chi connectivity index (χ0) is 14.7. The van der Waals surface area contributed by atoms with Crippen molar-refractivity contribution in [1.29, 1.82) is 0 Å². The highest BCUT2D eigenvalue weighted by molar-refractivity contribution is 5.94. The SMILES string of the molecule is COc1ccc(C(=O)N2CCOC(C(C)N)C2)c(F)c1. The van der Waals surface area contributed by atoms with E-state index >= 15 is 0 Å². The first-order valence-electron chi connectivity index (χ1n) is 6.53. The van der Waals surface area contributed by atoms with E-state index in [1.165, 1.54) is 19.2 Å². The van der Waals surface area contributed by atoms with Gasteiger partial charge >= 0.3 is 0 Å². The van der Waals surface area contributed by atoms with E-state index < -0.39 is 5.82 Å². The number of methoxy groups -OCH3 is 1. The van der Waals surface area contributed by atoms with Crippen molar-refractivity contribution in [2.45, 2.75) is 19.1 Å².